The molecule has 0 aromatic carbocycles. The molecule has 0 saturated carbocycles. The second-order valence-electron chi connectivity index (χ2n) is 3.47. The normalized spacial score (nSPS) is 15.1. The minimum absolute atomic E-state index is 0.511. The molecule has 0 aliphatic rings. The molecule has 0 atom stereocenters. The molecule has 0 aromatic heterocycles. The number of hydrogen-bond donors (Lipinski definition) is 0. The summed E-state index contributed by atoms with van der Waals surface area (Å²) < 4.78 is 128. The van der Waals surface area contributed by atoms with Crippen molar-refractivity contribution in [2.24, 2.45) is 0 Å². The third kappa shape index (κ3) is 3.40. The number of esters is 1. The Morgan fingerprint density at radius 2 is 1.38 bits per heavy atom. The molecule has 0 N–H and O–H groups in total. The largest absolute Gasteiger partial charge is 0.463 e. The lowest BCUT2D eigenvalue weighted by Gasteiger charge is -2.32. The molecule has 124 valence electrons. The monoisotopic (exact) mass is 336 g/mol. The zero-order chi connectivity index (χ0) is 17.3. The van der Waals surface area contributed by atoms with Gasteiger partial charge in [0.2, 0.25) is 0 Å². The molecular formula is C9H6F10O2. The molecule has 12 heteroatoms. The average molecular weight is 336 g/mol. The molecule has 0 aromatic rings. The second-order valence-corrected chi connectivity index (χ2v) is 3.47. The topological polar surface area (TPSA) is 26.3 Å². The molecule has 0 aliphatic carbocycles. The van der Waals surface area contributed by atoms with Gasteiger partial charge < -0.3 is 4.74 Å². The highest BCUT2D eigenvalue weighted by Gasteiger charge is 2.82. The van der Waals surface area contributed by atoms with E-state index >= 15 is 0 Å². The van der Waals surface area contributed by atoms with Crippen LogP contribution in [0.3, 0.4) is 0 Å². The fourth-order valence-corrected chi connectivity index (χ4v) is 0.903. The molecule has 0 radical (unpaired) electrons. The lowest BCUT2D eigenvalue weighted by Crippen LogP contribution is -2.61. The molecule has 0 unspecified atom stereocenters. The van der Waals surface area contributed by atoms with Gasteiger partial charge in [-0.3, -0.25) is 0 Å². The molecule has 0 rings (SSSR count). The SMILES string of the molecule is CCOC(=O)/C=C(\F)C(F)(F)C(F)(F)C(F)(F)C(F)(F)F. The molecule has 0 amide bonds. The zero-order valence-corrected chi connectivity index (χ0v) is 9.88. The number of alkyl halides is 9. The van der Waals surface area contributed by atoms with Gasteiger partial charge in [0.25, 0.3) is 0 Å². The predicted molar refractivity (Wildman–Crippen MR) is 46.7 cm³/mol. The number of carbonyl (C=O) groups is 1. The van der Waals surface area contributed by atoms with E-state index in [1.165, 1.54) is 0 Å². The quantitative estimate of drug-likeness (QED) is 0.433. The van der Waals surface area contributed by atoms with Crippen molar-refractivity contribution in [3.05, 3.63) is 11.9 Å². The van der Waals surface area contributed by atoms with Crippen LogP contribution >= 0.6 is 0 Å². The highest BCUT2D eigenvalue weighted by atomic mass is 19.4. The number of rotatable bonds is 5. The Labute approximate surface area is 110 Å². The Morgan fingerprint density at radius 1 is 0.952 bits per heavy atom. The van der Waals surface area contributed by atoms with Crippen molar-refractivity contribution in [1.82, 2.24) is 0 Å². The third-order valence-electron chi connectivity index (χ3n) is 1.98. The van der Waals surface area contributed by atoms with Gasteiger partial charge in [0.1, 0.15) is 0 Å². The first-order valence-electron chi connectivity index (χ1n) is 4.87. The Bertz CT molecular complexity index is 423. The second kappa shape index (κ2) is 5.72. The summed E-state index contributed by atoms with van der Waals surface area (Å²) in [5.74, 6) is -26.4. The zero-order valence-electron chi connectivity index (χ0n) is 9.88. The lowest BCUT2D eigenvalue weighted by molar-refractivity contribution is -0.391. The van der Waals surface area contributed by atoms with Crippen molar-refractivity contribution in [2.45, 2.75) is 30.9 Å². The average Bonchev–Trinajstić information content (AvgIpc) is 2.26. The molecular weight excluding hydrogens is 330 g/mol. The van der Waals surface area contributed by atoms with Crippen LogP contribution in [0, 0.1) is 0 Å². The third-order valence-corrected chi connectivity index (χ3v) is 1.98. The number of carbonyl (C=O) groups excluding carboxylic acids is 1. The summed E-state index contributed by atoms with van der Waals surface area (Å²) in [6.07, 6.45) is -8.01. The molecule has 21 heavy (non-hydrogen) atoms. The first kappa shape index (κ1) is 19.5. The molecule has 0 bridgehead atoms. The van der Waals surface area contributed by atoms with E-state index in [2.05, 4.69) is 4.74 Å². The Hall–Kier alpha value is -1.49. The maximum atomic E-state index is 12.8. The van der Waals surface area contributed by atoms with E-state index in [-0.39, 0.29) is 0 Å². The van der Waals surface area contributed by atoms with Crippen molar-refractivity contribution in [2.75, 3.05) is 6.61 Å². The van der Waals surface area contributed by atoms with Gasteiger partial charge in [-0.1, -0.05) is 0 Å². The van der Waals surface area contributed by atoms with Crippen LogP contribution in [-0.4, -0.2) is 36.5 Å². The van der Waals surface area contributed by atoms with E-state index in [0.717, 1.165) is 6.92 Å². The van der Waals surface area contributed by atoms with Crippen molar-refractivity contribution in [1.29, 1.82) is 0 Å². The van der Waals surface area contributed by atoms with Gasteiger partial charge in [0, 0.05) is 0 Å². The Kier molecular flexibility index (Phi) is 5.31. The standard InChI is InChI=1S/C9H6F10O2/c1-2-21-5(20)3-4(10)6(11,12)7(13,14)8(15,16)9(17,18)19/h3H,2H2,1H3/b4-3-. The highest BCUT2D eigenvalue weighted by molar-refractivity contribution is 5.82. The lowest BCUT2D eigenvalue weighted by atomic mass is 10.0. The van der Waals surface area contributed by atoms with Crippen molar-refractivity contribution < 1.29 is 53.4 Å². The van der Waals surface area contributed by atoms with Gasteiger partial charge in [0.15, 0.2) is 5.83 Å². The fraction of sp³-hybridized carbons (Fsp3) is 0.667. The summed E-state index contributed by atoms with van der Waals surface area (Å²) in [4.78, 5) is 10.5. The molecule has 0 saturated heterocycles. The summed E-state index contributed by atoms with van der Waals surface area (Å²) >= 11 is 0. The highest BCUT2D eigenvalue weighted by Crippen LogP contribution is 2.55. The predicted octanol–water partition coefficient (Wildman–Crippen LogP) is 3.87. The minimum atomic E-state index is -7.23. The van der Waals surface area contributed by atoms with Crippen LogP contribution in [-0.2, 0) is 9.53 Å². The number of allylic oxidation sites excluding steroid dienone is 1. The number of ether oxygens (including phenoxy) is 1. The molecule has 2 nitrogen and oxygen atoms in total. The van der Waals surface area contributed by atoms with Crippen LogP contribution in [0.5, 0.6) is 0 Å². The van der Waals surface area contributed by atoms with Gasteiger partial charge >= 0.3 is 29.9 Å². The van der Waals surface area contributed by atoms with Crippen LogP contribution in [0.15, 0.2) is 11.9 Å². The van der Waals surface area contributed by atoms with Crippen LogP contribution in [0.4, 0.5) is 43.9 Å². The first-order valence-corrected chi connectivity index (χ1v) is 4.87. The Morgan fingerprint density at radius 3 is 1.71 bits per heavy atom. The van der Waals surface area contributed by atoms with E-state index in [0.29, 0.717) is 0 Å². The Balaban J connectivity index is 5.73. The van der Waals surface area contributed by atoms with Gasteiger partial charge in [-0.05, 0) is 6.92 Å². The van der Waals surface area contributed by atoms with E-state index in [1.807, 2.05) is 0 Å². The van der Waals surface area contributed by atoms with Crippen LogP contribution in [0.2, 0.25) is 0 Å². The fourth-order valence-electron chi connectivity index (χ4n) is 0.903. The van der Waals surface area contributed by atoms with Crippen molar-refractivity contribution >= 4 is 5.97 Å². The minimum Gasteiger partial charge on any atom is -0.463 e. The van der Waals surface area contributed by atoms with E-state index in [4.69, 9.17) is 0 Å². The van der Waals surface area contributed by atoms with Crippen LogP contribution in [0.25, 0.3) is 0 Å². The van der Waals surface area contributed by atoms with Crippen LogP contribution < -0.4 is 0 Å². The van der Waals surface area contributed by atoms with E-state index in [1.54, 1.807) is 0 Å². The molecule has 0 fully saturated rings. The van der Waals surface area contributed by atoms with Crippen molar-refractivity contribution in [3.63, 3.8) is 0 Å². The summed E-state index contributed by atoms with van der Waals surface area (Å²) in [5.41, 5.74) is 0. The molecule has 0 aliphatic heterocycles. The summed E-state index contributed by atoms with van der Waals surface area (Å²) in [6.45, 7) is 0.595. The van der Waals surface area contributed by atoms with Crippen LogP contribution in [0.1, 0.15) is 6.92 Å². The van der Waals surface area contributed by atoms with E-state index in [9.17, 15) is 48.7 Å². The van der Waals surface area contributed by atoms with Gasteiger partial charge in [0.05, 0.1) is 12.7 Å². The number of hydrogen-bond acceptors (Lipinski definition) is 2. The smallest absolute Gasteiger partial charge is 0.460 e. The summed E-state index contributed by atoms with van der Waals surface area (Å²) in [7, 11) is 0. The molecule has 0 heterocycles. The van der Waals surface area contributed by atoms with E-state index < -0.39 is 48.4 Å². The van der Waals surface area contributed by atoms with Gasteiger partial charge in [-0.15, -0.1) is 0 Å². The summed E-state index contributed by atoms with van der Waals surface area (Å²) in [5, 5.41) is 0. The summed E-state index contributed by atoms with van der Waals surface area (Å²) in [6, 6.07) is 0. The first-order chi connectivity index (χ1) is 9.13. The maximum absolute atomic E-state index is 12.8. The van der Waals surface area contributed by atoms with Gasteiger partial charge in [-0.25, -0.2) is 9.18 Å². The van der Waals surface area contributed by atoms with Crippen molar-refractivity contribution in [3.8, 4) is 0 Å². The number of halogens is 10. The molecule has 0 spiro atoms. The maximum Gasteiger partial charge on any atom is 0.460 e. The van der Waals surface area contributed by atoms with Gasteiger partial charge in [-0.2, -0.15) is 39.5 Å².